The number of carbonyl (C=O) groups is 3. The maximum absolute atomic E-state index is 13.8. The third-order valence-corrected chi connectivity index (χ3v) is 25.7. The first-order chi connectivity index (χ1) is 59.9. The number of hydrogen-bond donors (Lipinski definition) is 2. The second kappa shape index (κ2) is 38.6. The molecule has 3 atom stereocenters. The molecule has 24 heteroatoms. The second-order valence-electron chi connectivity index (χ2n) is 31.8. The van der Waals surface area contributed by atoms with Gasteiger partial charge in [-0.05, 0) is 206 Å². The zero-order valence-electron chi connectivity index (χ0n) is 70.7. The number of phenols is 2. The smallest absolute Gasteiger partial charge is 0.507 e. The maximum Gasteiger partial charge on any atom is 0.532 e. The summed E-state index contributed by atoms with van der Waals surface area (Å²) >= 11 is 9.93. The molecule has 17 nitrogen and oxygen atoms in total. The van der Waals surface area contributed by atoms with E-state index >= 15 is 0 Å². The Hall–Kier alpha value is -10.2. The first-order valence-corrected chi connectivity index (χ1v) is 50.8. The lowest BCUT2D eigenvalue weighted by Crippen LogP contribution is -2.16. The Labute approximate surface area is 775 Å². The van der Waals surface area contributed by atoms with Gasteiger partial charge in [-0.15, -0.1) is 24.0 Å². The molecule has 0 radical (unpaired) electrons. The summed E-state index contributed by atoms with van der Waals surface area (Å²) in [6, 6.07) is 67.8. The van der Waals surface area contributed by atoms with Gasteiger partial charge in [0.05, 0.1) is 28.4 Å². The molecule has 0 saturated carbocycles. The molecule has 3 aliphatic heterocycles. The predicted octanol–water partition coefficient (Wildman–Crippen LogP) is 26.9. The Morgan fingerprint density at radius 1 is 0.288 bits per heavy atom. The summed E-state index contributed by atoms with van der Waals surface area (Å²) in [5.74, 6) is 4.72. The van der Waals surface area contributed by atoms with E-state index in [0.717, 1.165) is 177 Å². The van der Waals surface area contributed by atoms with Gasteiger partial charge in [0.15, 0.2) is 0 Å². The summed E-state index contributed by atoms with van der Waals surface area (Å²) in [4.78, 5) is 39.4. The third-order valence-electron chi connectivity index (χ3n) is 22.6. The normalized spacial score (nSPS) is 15.1. The van der Waals surface area contributed by atoms with Crippen LogP contribution in [0.5, 0.6) is 63.2 Å². The number of aromatic hydroxyl groups is 2. The van der Waals surface area contributed by atoms with Gasteiger partial charge in [0.2, 0.25) is 0 Å². The van der Waals surface area contributed by atoms with Crippen LogP contribution in [0.1, 0.15) is 165 Å². The Morgan fingerprint density at radius 3 is 0.744 bits per heavy atom. The van der Waals surface area contributed by atoms with E-state index in [1.807, 2.05) is 91.0 Å². The van der Waals surface area contributed by atoms with Crippen molar-refractivity contribution >= 4 is 148 Å². The average molecular weight is 2080 g/mol. The molecule has 0 amide bonds. The molecule has 2 N–H and O–H groups in total. The number of benzene rings is 14. The minimum atomic E-state index is -2.20. The van der Waals surface area contributed by atoms with Crippen molar-refractivity contribution in [3.63, 3.8) is 0 Å². The fourth-order valence-corrected chi connectivity index (χ4v) is 21.0. The summed E-state index contributed by atoms with van der Waals surface area (Å²) in [7, 11) is 0.712. The molecule has 125 heavy (non-hydrogen) atoms. The van der Waals surface area contributed by atoms with Crippen LogP contribution in [0.4, 0.5) is 0 Å². The van der Waals surface area contributed by atoms with Gasteiger partial charge in [0, 0.05) is 88.6 Å². The van der Waals surface area contributed by atoms with Crippen molar-refractivity contribution in [1.29, 1.82) is 0 Å². The number of halogens is 4. The van der Waals surface area contributed by atoms with Gasteiger partial charge in [-0.2, -0.15) is 0 Å². The zero-order chi connectivity index (χ0) is 87.1. The van der Waals surface area contributed by atoms with Crippen molar-refractivity contribution < 1.29 is 79.7 Å². The van der Waals surface area contributed by atoms with Gasteiger partial charge in [-0.3, -0.25) is 0 Å². The standard InChI is InChI=1S/C56H46O10P2.C34H36O4.C11H6ClO3P.I2.HI/c1-31-19-37-27-41-23-33(3)25-43(53(41)63-67-61-47-17-15-35-11-7-9-13-45(35)49(47)55(57)65-67)29-39-21-32(2)22-40(52(39)60-6)30-44-26-34(4)24-42(28-38(20-31)51(37)59-5)54(44)64-68-62-48-18-16-36-12-8-10-14-46(36)50(48)56(58)66-68;1-19-7-23-15-27-11-21(3)13-29(33(27)37-5)17-25-9-20(2)10-26(32(25)36)18-30-14-22(4)12-28(34(30)38-6)16-24(8-19)31(23)35;12-16-14-9-6-5-7-3-1-2-4-8(7)10(9)11(13)15-16;1-2;/h7-26H,27-30H2,1-6H3;7-14,35-36H,15-18H2,1-6H3;1-6H;;1H. The molecule has 5 aliphatic rings. The monoisotopic (exact) mass is 2080 g/mol. The van der Waals surface area contributed by atoms with Crippen LogP contribution < -0.4 is 41.6 Å². The lowest BCUT2D eigenvalue weighted by Gasteiger charge is -2.27. The summed E-state index contributed by atoms with van der Waals surface area (Å²) in [6.45, 7) is 16.6. The highest BCUT2D eigenvalue weighted by molar-refractivity contribution is 15.0. The van der Waals surface area contributed by atoms with E-state index in [1.54, 1.807) is 46.6 Å². The highest BCUT2D eigenvalue weighted by atomic mass is 128. The van der Waals surface area contributed by atoms with E-state index in [2.05, 4.69) is 190 Å². The molecule has 19 rings (SSSR count). The number of aryl methyl sites for hydroxylation is 8. The molecule has 2 aliphatic carbocycles. The van der Waals surface area contributed by atoms with Gasteiger partial charge in [-0.1, -0.05) is 233 Å². The molecule has 0 saturated heterocycles. The van der Waals surface area contributed by atoms with E-state index in [9.17, 15) is 24.6 Å². The minimum Gasteiger partial charge on any atom is -0.507 e. The molecule has 638 valence electrons. The van der Waals surface area contributed by atoms with E-state index in [1.165, 1.54) is 0 Å². The van der Waals surface area contributed by atoms with Crippen LogP contribution in [0.2, 0.25) is 0 Å². The van der Waals surface area contributed by atoms with Gasteiger partial charge >= 0.3 is 42.8 Å². The van der Waals surface area contributed by atoms with Crippen LogP contribution in [0.15, 0.2) is 206 Å². The lowest BCUT2D eigenvalue weighted by atomic mass is 9.89. The van der Waals surface area contributed by atoms with Crippen LogP contribution in [0.3, 0.4) is 0 Å². The Morgan fingerprint density at radius 2 is 0.496 bits per heavy atom. The first kappa shape index (κ1) is 89.7. The minimum absolute atomic E-state index is 0. The molecule has 3 heterocycles. The Bertz CT molecular complexity index is 6100. The summed E-state index contributed by atoms with van der Waals surface area (Å²) in [6.07, 6.45) is 3.84. The van der Waals surface area contributed by atoms with E-state index in [-0.39, 0.29) is 24.0 Å². The summed E-state index contributed by atoms with van der Waals surface area (Å²) < 4.78 is 73.3. The highest BCUT2D eigenvalue weighted by Crippen LogP contribution is 2.56. The van der Waals surface area contributed by atoms with Crippen LogP contribution in [0, 0.1) is 55.4 Å². The van der Waals surface area contributed by atoms with Crippen LogP contribution in [0.25, 0.3) is 32.3 Å². The number of rotatable bonds is 8. The molecule has 0 spiro atoms. The SMILES string of the molecule is COc1c2cc(C)cc1Cc1cc(C)cc(c1O)Cc1cc(C)cc(c1OC)Cc1cc(C)cc(c1O)C2.COc1c2cc(C)cc1Cc1cc(C)cc(c1OP1OC(=O)c3c(ccc4ccccc34)O1)Cc1cc(C)cc(c1OC)Cc1cc(C)cc(c1OP1OC(=O)c3c(ccc4ccccc34)O1)C2.I.II.O=C1OP(Cl)Oc2ccc3ccccc3c21. The van der Waals surface area contributed by atoms with Gasteiger partial charge < -0.3 is 65.4 Å². The van der Waals surface area contributed by atoms with Crippen LogP contribution >= 0.6 is 97.4 Å². The van der Waals surface area contributed by atoms with Gasteiger partial charge in [-0.25, -0.2) is 14.4 Å². The molecular weight excluding hydrogens is 1990 g/mol. The van der Waals surface area contributed by atoms with Crippen LogP contribution in [-0.4, -0.2) is 56.6 Å². The van der Waals surface area contributed by atoms with Gasteiger partial charge in [0.25, 0.3) is 0 Å². The Kier molecular flexibility index (Phi) is 27.7. The highest BCUT2D eigenvalue weighted by Gasteiger charge is 2.39. The van der Waals surface area contributed by atoms with Gasteiger partial charge in [0.1, 0.15) is 79.9 Å². The van der Waals surface area contributed by atoms with E-state index in [0.29, 0.717) is 120 Å². The lowest BCUT2D eigenvalue weighted by molar-refractivity contribution is 0.0687. The van der Waals surface area contributed by atoms with Crippen molar-refractivity contribution in [2.24, 2.45) is 0 Å². The Balaban J connectivity index is 0.000000176. The number of carbonyl (C=O) groups excluding carboxylic acids is 3. The molecule has 0 fully saturated rings. The molecule has 14 aromatic carbocycles. The third kappa shape index (κ3) is 19.0. The molecule has 14 aromatic rings. The number of ether oxygens (including phenoxy) is 4. The topological polar surface area (TPSA) is 202 Å². The molecule has 0 aromatic heterocycles. The van der Waals surface area contributed by atoms with Crippen LogP contribution in [-0.2, 0) is 64.9 Å². The number of methoxy groups -OCH3 is 4. The van der Waals surface area contributed by atoms with Crippen molar-refractivity contribution in [2.75, 3.05) is 28.4 Å². The zero-order valence-corrected chi connectivity index (χ0v) is 80.8. The summed E-state index contributed by atoms with van der Waals surface area (Å²) in [5, 5.41) is 28.1. The number of fused-ring (bicyclic) bond motifs is 25. The number of phenolic OH excluding ortho intramolecular Hbond substituents is 2. The molecule has 16 bridgehead atoms. The van der Waals surface area contributed by atoms with Crippen molar-refractivity contribution in [2.45, 2.75) is 107 Å². The maximum atomic E-state index is 13.8. The summed E-state index contributed by atoms with van der Waals surface area (Å²) in [5.41, 5.74) is 24.6. The first-order valence-electron chi connectivity index (χ1n) is 40.3. The second-order valence-corrected chi connectivity index (χ2v) is 35.4. The average Bonchev–Trinajstić information content (AvgIpc) is 0.756. The molecule has 3 unspecified atom stereocenters. The fourth-order valence-electron chi connectivity index (χ4n) is 17.9. The predicted molar refractivity (Wildman–Crippen MR) is 523 cm³/mol. The van der Waals surface area contributed by atoms with E-state index in [4.69, 9.17) is 66.4 Å². The molecular formula is C101H89ClI3O17P3. The van der Waals surface area contributed by atoms with Crippen molar-refractivity contribution in [3.8, 4) is 63.2 Å². The number of hydrogen-bond acceptors (Lipinski definition) is 17. The largest absolute Gasteiger partial charge is 0.532 e. The fraction of sp³-hybridized carbons (Fsp3) is 0.198. The quantitative estimate of drug-likeness (QED) is 0.107. The van der Waals surface area contributed by atoms with E-state index < -0.39 is 42.8 Å². The van der Waals surface area contributed by atoms with Crippen molar-refractivity contribution in [3.05, 3.63) is 356 Å². The van der Waals surface area contributed by atoms with Crippen molar-refractivity contribution in [1.82, 2.24) is 0 Å².